The number of alkyl halides is 3. The van der Waals surface area contributed by atoms with Crippen LogP contribution in [0.25, 0.3) is 0 Å². The standard InChI is InChI=1S/C18H18F3N3O2/c1-2-9-22-17(26)24-14-7-3-5-12(10-14)16(25)23-15-8-4-6-13(11-15)18(19,20)21/h3-8,10-11H,2,9H2,1H3,(H,23,25)(H2,22,24,26). The molecule has 0 unspecified atom stereocenters. The molecule has 0 bridgehead atoms. The van der Waals surface area contributed by atoms with Gasteiger partial charge in [-0.15, -0.1) is 0 Å². The first-order chi connectivity index (χ1) is 12.3. The summed E-state index contributed by atoms with van der Waals surface area (Å²) in [5.41, 5.74) is -0.215. The summed E-state index contributed by atoms with van der Waals surface area (Å²) in [7, 11) is 0. The first-order valence-corrected chi connectivity index (χ1v) is 7.93. The Morgan fingerprint density at radius 3 is 2.27 bits per heavy atom. The summed E-state index contributed by atoms with van der Waals surface area (Å²) >= 11 is 0. The van der Waals surface area contributed by atoms with Crippen LogP contribution in [0.15, 0.2) is 48.5 Å². The Labute approximate surface area is 148 Å². The van der Waals surface area contributed by atoms with Crippen molar-refractivity contribution in [2.75, 3.05) is 17.2 Å². The molecule has 3 N–H and O–H groups in total. The van der Waals surface area contributed by atoms with Crippen molar-refractivity contribution < 1.29 is 22.8 Å². The average molecular weight is 365 g/mol. The van der Waals surface area contributed by atoms with Gasteiger partial charge in [0.15, 0.2) is 0 Å². The number of benzene rings is 2. The van der Waals surface area contributed by atoms with Crippen LogP contribution in [0.5, 0.6) is 0 Å². The smallest absolute Gasteiger partial charge is 0.338 e. The molecule has 3 amide bonds. The quantitative estimate of drug-likeness (QED) is 0.731. The van der Waals surface area contributed by atoms with Gasteiger partial charge >= 0.3 is 12.2 Å². The normalized spacial score (nSPS) is 10.9. The number of hydrogen-bond donors (Lipinski definition) is 3. The van der Waals surface area contributed by atoms with Crippen molar-refractivity contribution in [3.8, 4) is 0 Å². The number of urea groups is 1. The Morgan fingerprint density at radius 2 is 1.62 bits per heavy atom. The van der Waals surface area contributed by atoms with Crippen LogP contribution >= 0.6 is 0 Å². The lowest BCUT2D eigenvalue weighted by Crippen LogP contribution is -2.29. The molecule has 138 valence electrons. The fraction of sp³-hybridized carbons (Fsp3) is 0.222. The highest BCUT2D eigenvalue weighted by atomic mass is 19.4. The van der Waals surface area contributed by atoms with Crippen molar-refractivity contribution in [1.29, 1.82) is 0 Å². The number of rotatable bonds is 5. The molecule has 0 radical (unpaired) electrons. The number of carbonyl (C=O) groups excluding carboxylic acids is 2. The molecular weight excluding hydrogens is 347 g/mol. The molecule has 0 heterocycles. The number of amides is 3. The lowest BCUT2D eigenvalue weighted by atomic mass is 10.1. The second kappa shape index (κ2) is 8.37. The molecule has 0 saturated carbocycles. The maximum absolute atomic E-state index is 12.7. The Kier molecular flexibility index (Phi) is 6.21. The van der Waals surface area contributed by atoms with Gasteiger partial charge in [0.1, 0.15) is 0 Å². The van der Waals surface area contributed by atoms with Crippen molar-refractivity contribution in [1.82, 2.24) is 5.32 Å². The molecule has 2 rings (SSSR count). The number of halogens is 3. The van der Waals surface area contributed by atoms with Crippen LogP contribution in [0.4, 0.5) is 29.3 Å². The molecule has 0 saturated heterocycles. The number of anilines is 2. The van der Waals surface area contributed by atoms with Crippen molar-refractivity contribution in [3.05, 3.63) is 59.7 Å². The number of nitrogens with one attached hydrogen (secondary N) is 3. The summed E-state index contributed by atoms with van der Waals surface area (Å²) in [4.78, 5) is 23.9. The van der Waals surface area contributed by atoms with Gasteiger partial charge in [-0.1, -0.05) is 19.1 Å². The topological polar surface area (TPSA) is 70.2 Å². The summed E-state index contributed by atoms with van der Waals surface area (Å²) in [5, 5.41) is 7.64. The van der Waals surface area contributed by atoms with Gasteiger partial charge < -0.3 is 16.0 Å². The van der Waals surface area contributed by atoms with E-state index >= 15 is 0 Å². The highest BCUT2D eigenvalue weighted by Gasteiger charge is 2.30. The highest BCUT2D eigenvalue weighted by Crippen LogP contribution is 2.30. The van der Waals surface area contributed by atoms with E-state index in [0.29, 0.717) is 12.2 Å². The fourth-order valence-corrected chi connectivity index (χ4v) is 2.13. The second-order valence-corrected chi connectivity index (χ2v) is 5.49. The van der Waals surface area contributed by atoms with Crippen LogP contribution in [0.3, 0.4) is 0 Å². The van der Waals surface area contributed by atoms with E-state index < -0.39 is 23.7 Å². The van der Waals surface area contributed by atoms with E-state index in [2.05, 4.69) is 16.0 Å². The molecule has 0 aliphatic rings. The predicted octanol–water partition coefficient (Wildman–Crippen LogP) is 4.49. The van der Waals surface area contributed by atoms with Crippen molar-refractivity contribution in [2.24, 2.45) is 0 Å². The molecule has 8 heteroatoms. The van der Waals surface area contributed by atoms with E-state index in [9.17, 15) is 22.8 Å². The molecule has 0 aromatic heterocycles. The molecule has 0 spiro atoms. The van der Waals surface area contributed by atoms with E-state index in [1.165, 1.54) is 24.3 Å². The Bertz CT molecular complexity index is 791. The predicted molar refractivity (Wildman–Crippen MR) is 93.2 cm³/mol. The highest BCUT2D eigenvalue weighted by molar-refractivity contribution is 6.05. The van der Waals surface area contributed by atoms with E-state index in [-0.39, 0.29) is 11.3 Å². The lowest BCUT2D eigenvalue weighted by molar-refractivity contribution is -0.137. The molecule has 5 nitrogen and oxygen atoms in total. The zero-order valence-electron chi connectivity index (χ0n) is 14.0. The summed E-state index contributed by atoms with van der Waals surface area (Å²) in [6.45, 7) is 2.43. The van der Waals surface area contributed by atoms with Crippen LogP contribution in [-0.4, -0.2) is 18.5 Å². The van der Waals surface area contributed by atoms with Crippen LogP contribution < -0.4 is 16.0 Å². The first-order valence-electron chi connectivity index (χ1n) is 7.93. The minimum atomic E-state index is -4.49. The van der Waals surface area contributed by atoms with E-state index in [4.69, 9.17) is 0 Å². The summed E-state index contributed by atoms with van der Waals surface area (Å²) in [6, 6.07) is 10.1. The van der Waals surface area contributed by atoms with Crippen LogP contribution in [0, 0.1) is 0 Å². The lowest BCUT2D eigenvalue weighted by Gasteiger charge is -2.11. The molecule has 26 heavy (non-hydrogen) atoms. The van der Waals surface area contributed by atoms with Gasteiger partial charge in [-0.3, -0.25) is 4.79 Å². The zero-order valence-corrected chi connectivity index (χ0v) is 14.0. The van der Waals surface area contributed by atoms with Gasteiger partial charge in [0.05, 0.1) is 5.56 Å². The summed E-state index contributed by atoms with van der Waals surface area (Å²) in [5.74, 6) is -0.582. The van der Waals surface area contributed by atoms with Gasteiger partial charge in [-0.05, 0) is 42.8 Å². The molecule has 0 fully saturated rings. The van der Waals surface area contributed by atoms with Gasteiger partial charge in [0, 0.05) is 23.5 Å². The van der Waals surface area contributed by atoms with Gasteiger partial charge in [-0.2, -0.15) is 13.2 Å². The third kappa shape index (κ3) is 5.51. The molecular formula is C18H18F3N3O2. The van der Waals surface area contributed by atoms with Crippen molar-refractivity contribution in [2.45, 2.75) is 19.5 Å². The minimum Gasteiger partial charge on any atom is -0.338 e. The van der Waals surface area contributed by atoms with Crippen LogP contribution in [0.2, 0.25) is 0 Å². The number of carbonyl (C=O) groups is 2. The minimum absolute atomic E-state index is 0.0314. The Morgan fingerprint density at radius 1 is 0.962 bits per heavy atom. The second-order valence-electron chi connectivity index (χ2n) is 5.49. The third-order valence-corrected chi connectivity index (χ3v) is 3.37. The largest absolute Gasteiger partial charge is 0.416 e. The molecule has 2 aromatic rings. The van der Waals surface area contributed by atoms with Gasteiger partial charge in [-0.25, -0.2) is 4.79 Å². The van der Waals surface area contributed by atoms with Crippen LogP contribution in [-0.2, 0) is 6.18 Å². The SMILES string of the molecule is CCCNC(=O)Nc1cccc(C(=O)Nc2cccc(C(F)(F)F)c2)c1. The molecule has 0 aliphatic carbocycles. The monoisotopic (exact) mass is 365 g/mol. The fourth-order valence-electron chi connectivity index (χ4n) is 2.13. The number of hydrogen-bond acceptors (Lipinski definition) is 2. The van der Waals surface area contributed by atoms with Gasteiger partial charge in [0.25, 0.3) is 5.91 Å². The molecule has 2 aromatic carbocycles. The van der Waals surface area contributed by atoms with E-state index in [0.717, 1.165) is 18.6 Å². The van der Waals surface area contributed by atoms with E-state index in [1.54, 1.807) is 12.1 Å². The first kappa shape index (κ1) is 19.3. The van der Waals surface area contributed by atoms with Crippen molar-refractivity contribution >= 4 is 23.3 Å². The summed E-state index contributed by atoms with van der Waals surface area (Å²) < 4.78 is 38.2. The third-order valence-electron chi connectivity index (χ3n) is 3.37. The summed E-state index contributed by atoms with van der Waals surface area (Å²) in [6.07, 6.45) is -3.71. The molecule has 0 aliphatic heterocycles. The van der Waals surface area contributed by atoms with Crippen molar-refractivity contribution in [3.63, 3.8) is 0 Å². The zero-order chi connectivity index (χ0) is 19.2. The van der Waals surface area contributed by atoms with Gasteiger partial charge in [0.2, 0.25) is 0 Å². The average Bonchev–Trinajstić information content (AvgIpc) is 2.59. The van der Waals surface area contributed by atoms with Crippen LogP contribution in [0.1, 0.15) is 29.3 Å². The van der Waals surface area contributed by atoms with E-state index in [1.807, 2.05) is 6.92 Å². The maximum atomic E-state index is 12.7. The Hall–Kier alpha value is -3.03. The molecule has 0 atom stereocenters. The maximum Gasteiger partial charge on any atom is 0.416 e. The Balaban J connectivity index is 2.08.